The van der Waals surface area contributed by atoms with Gasteiger partial charge in [-0.3, -0.25) is 0 Å². The molecule has 1 aromatic carbocycles. The Morgan fingerprint density at radius 3 is 2.56 bits per heavy atom. The van der Waals surface area contributed by atoms with Gasteiger partial charge in [0.2, 0.25) is 0 Å². The highest BCUT2D eigenvalue weighted by Crippen LogP contribution is 2.19. The maximum Gasteiger partial charge on any atom is 0.178 e. The van der Waals surface area contributed by atoms with Gasteiger partial charge < -0.3 is 5.73 Å². The van der Waals surface area contributed by atoms with Crippen molar-refractivity contribution in [3.63, 3.8) is 0 Å². The average molecular weight is 245 g/mol. The van der Waals surface area contributed by atoms with Crippen LogP contribution in [0.15, 0.2) is 23.1 Å². The van der Waals surface area contributed by atoms with E-state index in [1.807, 2.05) is 13.8 Å². The van der Waals surface area contributed by atoms with E-state index in [4.69, 9.17) is 5.73 Å². The molecule has 90 valence electrons. The number of hydrogen-bond donors (Lipinski definition) is 1. The van der Waals surface area contributed by atoms with Crippen LogP contribution >= 0.6 is 0 Å². The summed E-state index contributed by atoms with van der Waals surface area (Å²) in [6.07, 6.45) is 0.774. The highest BCUT2D eigenvalue weighted by Gasteiger charge is 2.18. The maximum atomic E-state index is 13.1. The van der Waals surface area contributed by atoms with Crippen molar-refractivity contribution < 1.29 is 12.8 Å². The summed E-state index contributed by atoms with van der Waals surface area (Å²) in [5, 5.41) is 0. The van der Waals surface area contributed by atoms with E-state index >= 15 is 0 Å². The first-order valence-corrected chi connectivity index (χ1v) is 6.80. The van der Waals surface area contributed by atoms with Crippen LogP contribution in [0, 0.1) is 11.7 Å². The minimum atomic E-state index is -3.41. The number of halogens is 1. The molecule has 0 bridgehead atoms. The quantitative estimate of drug-likeness (QED) is 0.827. The van der Waals surface area contributed by atoms with Crippen LogP contribution in [0.2, 0.25) is 0 Å². The molecular formula is C11H16FNO2S. The third-order valence-corrected chi connectivity index (χ3v) is 4.51. The molecule has 0 saturated carbocycles. The van der Waals surface area contributed by atoms with Crippen LogP contribution in [0.25, 0.3) is 0 Å². The summed E-state index contributed by atoms with van der Waals surface area (Å²) < 4.78 is 36.9. The molecule has 1 aromatic rings. The van der Waals surface area contributed by atoms with E-state index in [2.05, 4.69) is 0 Å². The van der Waals surface area contributed by atoms with Crippen molar-refractivity contribution in [3.05, 3.63) is 24.0 Å². The van der Waals surface area contributed by atoms with Crippen molar-refractivity contribution in [1.82, 2.24) is 0 Å². The number of hydrogen-bond acceptors (Lipinski definition) is 3. The molecule has 16 heavy (non-hydrogen) atoms. The Balaban J connectivity index is 3.03. The first kappa shape index (κ1) is 13.0. The predicted octanol–water partition coefficient (Wildman–Crippen LogP) is 2.23. The molecule has 2 N–H and O–H groups in total. The zero-order valence-corrected chi connectivity index (χ0v) is 10.2. The van der Waals surface area contributed by atoms with E-state index in [9.17, 15) is 12.8 Å². The summed E-state index contributed by atoms with van der Waals surface area (Å²) in [6.45, 7) is 3.77. The van der Waals surface area contributed by atoms with E-state index in [1.165, 1.54) is 12.1 Å². The second kappa shape index (κ2) is 4.82. The van der Waals surface area contributed by atoms with Gasteiger partial charge in [-0.2, -0.15) is 0 Å². The van der Waals surface area contributed by atoms with Gasteiger partial charge in [0.15, 0.2) is 9.84 Å². The molecule has 5 heteroatoms. The fourth-order valence-corrected chi connectivity index (χ4v) is 3.03. The van der Waals surface area contributed by atoms with Gasteiger partial charge in [-0.25, -0.2) is 12.8 Å². The lowest BCUT2D eigenvalue weighted by molar-refractivity contribution is 0.562. The molecule has 0 saturated heterocycles. The smallest absolute Gasteiger partial charge is 0.178 e. The maximum absolute atomic E-state index is 13.1. The Hall–Kier alpha value is -1.10. The monoisotopic (exact) mass is 245 g/mol. The molecule has 1 rings (SSSR count). The molecular weight excluding hydrogens is 229 g/mol. The molecule has 0 aromatic heterocycles. The van der Waals surface area contributed by atoms with Crippen LogP contribution in [0.3, 0.4) is 0 Å². The first-order chi connectivity index (χ1) is 7.36. The highest BCUT2D eigenvalue weighted by molar-refractivity contribution is 7.91. The SMILES string of the molecule is CCC(C)CS(=O)(=O)c1ccc(N)c(F)c1. The Morgan fingerprint density at radius 2 is 2.06 bits per heavy atom. The summed E-state index contributed by atoms with van der Waals surface area (Å²) in [5.41, 5.74) is 5.25. The molecule has 0 aliphatic rings. The number of nitrogen functional groups attached to an aromatic ring is 1. The Kier molecular flexibility index (Phi) is 3.91. The summed E-state index contributed by atoms with van der Waals surface area (Å²) in [5.74, 6) is -0.594. The number of anilines is 1. The predicted molar refractivity (Wildman–Crippen MR) is 62.3 cm³/mol. The van der Waals surface area contributed by atoms with E-state index in [-0.39, 0.29) is 22.3 Å². The average Bonchev–Trinajstić information content (AvgIpc) is 2.21. The van der Waals surface area contributed by atoms with Crippen molar-refractivity contribution >= 4 is 15.5 Å². The molecule has 1 atom stereocenters. The minimum Gasteiger partial charge on any atom is -0.396 e. The van der Waals surface area contributed by atoms with Crippen molar-refractivity contribution in [2.45, 2.75) is 25.2 Å². The second-order valence-electron chi connectivity index (χ2n) is 3.98. The Morgan fingerprint density at radius 1 is 1.44 bits per heavy atom. The summed E-state index contributed by atoms with van der Waals surface area (Å²) in [4.78, 5) is -0.000463. The molecule has 0 aliphatic heterocycles. The summed E-state index contributed by atoms with van der Waals surface area (Å²) in [6, 6.07) is 3.60. The van der Waals surface area contributed by atoms with Crippen molar-refractivity contribution in [2.75, 3.05) is 11.5 Å². The fraction of sp³-hybridized carbons (Fsp3) is 0.455. The van der Waals surface area contributed by atoms with Gasteiger partial charge in [0.05, 0.1) is 16.3 Å². The highest BCUT2D eigenvalue weighted by atomic mass is 32.2. The van der Waals surface area contributed by atoms with E-state index in [0.29, 0.717) is 0 Å². The lowest BCUT2D eigenvalue weighted by Gasteiger charge is -2.10. The van der Waals surface area contributed by atoms with Gasteiger partial charge in [-0.1, -0.05) is 20.3 Å². The molecule has 3 nitrogen and oxygen atoms in total. The van der Waals surface area contributed by atoms with Gasteiger partial charge in [0.25, 0.3) is 0 Å². The zero-order valence-electron chi connectivity index (χ0n) is 9.40. The van der Waals surface area contributed by atoms with Crippen LogP contribution in [0.1, 0.15) is 20.3 Å². The number of benzene rings is 1. The second-order valence-corrected chi connectivity index (χ2v) is 6.01. The molecule has 0 fully saturated rings. The molecule has 0 amide bonds. The molecule has 0 heterocycles. The van der Waals surface area contributed by atoms with Gasteiger partial charge >= 0.3 is 0 Å². The van der Waals surface area contributed by atoms with E-state index in [0.717, 1.165) is 12.5 Å². The third kappa shape index (κ3) is 2.95. The zero-order chi connectivity index (χ0) is 12.3. The molecule has 1 unspecified atom stereocenters. The van der Waals surface area contributed by atoms with Crippen molar-refractivity contribution in [3.8, 4) is 0 Å². The third-order valence-electron chi connectivity index (χ3n) is 2.53. The normalized spacial score (nSPS) is 13.7. The topological polar surface area (TPSA) is 60.2 Å². The van der Waals surface area contributed by atoms with Crippen molar-refractivity contribution in [2.24, 2.45) is 5.92 Å². The lowest BCUT2D eigenvalue weighted by atomic mass is 10.2. The van der Waals surface area contributed by atoms with Crippen LogP contribution in [-0.4, -0.2) is 14.2 Å². The fourth-order valence-electron chi connectivity index (χ4n) is 1.29. The van der Waals surface area contributed by atoms with Gasteiger partial charge in [0, 0.05) is 0 Å². The largest absolute Gasteiger partial charge is 0.396 e. The Labute approximate surface area is 95.4 Å². The molecule has 0 spiro atoms. The standard InChI is InChI=1S/C11H16FNO2S/c1-3-8(2)7-16(14,15)9-4-5-11(13)10(12)6-9/h4-6,8H,3,7,13H2,1-2H3. The van der Waals surface area contributed by atoms with Crippen LogP contribution in [-0.2, 0) is 9.84 Å². The van der Waals surface area contributed by atoms with E-state index in [1.54, 1.807) is 0 Å². The number of nitrogens with two attached hydrogens (primary N) is 1. The number of rotatable bonds is 4. The number of sulfone groups is 1. The van der Waals surface area contributed by atoms with Crippen LogP contribution in [0.5, 0.6) is 0 Å². The summed E-state index contributed by atoms with van der Waals surface area (Å²) in [7, 11) is -3.41. The van der Waals surface area contributed by atoms with Gasteiger partial charge in [-0.05, 0) is 24.1 Å². The van der Waals surface area contributed by atoms with Gasteiger partial charge in [0.1, 0.15) is 5.82 Å². The summed E-state index contributed by atoms with van der Waals surface area (Å²) >= 11 is 0. The van der Waals surface area contributed by atoms with Crippen LogP contribution < -0.4 is 5.73 Å². The lowest BCUT2D eigenvalue weighted by Crippen LogP contribution is -2.13. The minimum absolute atomic E-state index is 0.000463. The van der Waals surface area contributed by atoms with E-state index < -0.39 is 15.7 Å². The Bertz CT molecular complexity index is 471. The molecule has 0 radical (unpaired) electrons. The van der Waals surface area contributed by atoms with Crippen molar-refractivity contribution in [1.29, 1.82) is 0 Å². The van der Waals surface area contributed by atoms with Gasteiger partial charge in [-0.15, -0.1) is 0 Å². The van der Waals surface area contributed by atoms with Crippen LogP contribution in [0.4, 0.5) is 10.1 Å². The first-order valence-electron chi connectivity index (χ1n) is 5.14. The molecule has 0 aliphatic carbocycles.